The van der Waals surface area contributed by atoms with Gasteiger partial charge < -0.3 is 25.1 Å². The van der Waals surface area contributed by atoms with Crippen molar-refractivity contribution in [3.8, 4) is 11.5 Å². The van der Waals surface area contributed by atoms with E-state index in [4.69, 9.17) is 15.2 Å². The minimum absolute atomic E-state index is 0. The van der Waals surface area contributed by atoms with E-state index in [0.717, 1.165) is 54.9 Å². The molecule has 0 spiro atoms. The summed E-state index contributed by atoms with van der Waals surface area (Å²) in [4.78, 5) is 10.3. The highest BCUT2D eigenvalue weighted by Gasteiger charge is 2.11. The van der Waals surface area contributed by atoms with E-state index in [-0.39, 0.29) is 24.0 Å². The van der Waals surface area contributed by atoms with Crippen molar-refractivity contribution in [2.75, 3.05) is 33.9 Å². The number of ether oxygens (including phenoxy) is 2. The summed E-state index contributed by atoms with van der Waals surface area (Å²) in [6, 6.07) is 6.05. The van der Waals surface area contributed by atoms with Gasteiger partial charge in [-0.3, -0.25) is 4.99 Å². The third-order valence-corrected chi connectivity index (χ3v) is 4.99. The molecule has 1 aromatic heterocycles. The van der Waals surface area contributed by atoms with Gasteiger partial charge in [-0.1, -0.05) is 12.8 Å². The summed E-state index contributed by atoms with van der Waals surface area (Å²) >= 11 is 0. The highest BCUT2D eigenvalue weighted by Crippen LogP contribution is 2.31. The number of H-pyrrole nitrogens is 1. The van der Waals surface area contributed by atoms with Crippen LogP contribution in [0.15, 0.2) is 23.2 Å². The van der Waals surface area contributed by atoms with Crippen molar-refractivity contribution in [3.63, 3.8) is 0 Å². The Morgan fingerprint density at radius 3 is 2.52 bits per heavy atom. The van der Waals surface area contributed by atoms with Crippen LogP contribution in [0.25, 0.3) is 10.9 Å². The van der Waals surface area contributed by atoms with Crippen LogP contribution in [-0.4, -0.2) is 49.7 Å². The van der Waals surface area contributed by atoms with Gasteiger partial charge in [0.05, 0.1) is 19.7 Å². The van der Waals surface area contributed by atoms with Gasteiger partial charge in [-0.05, 0) is 31.7 Å². The molecule has 27 heavy (non-hydrogen) atoms. The average Bonchev–Trinajstić information content (AvgIpc) is 2.88. The molecule has 0 aliphatic carbocycles. The second kappa shape index (κ2) is 10.6. The summed E-state index contributed by atoms with van der Waals surface area (Å²) in [5, 5.41) is 1.08. The van der Waals surface area contributed by atoms with Gasteiger partial charge in [-0.2, -0.15) is 0 Å². The second-order valence-electron chi connectivity index (χ2n) is 6.83. The van der Waals surface area contributed by atoms with Crippen molar-refractivity contribution in [2.24, 2.45) is 10.7 Å². The van der Waals surface area contributed by atoms with Crippen LogP contribution in [0.5, 0.6) is 11.5 Å². The zero-order valence-corrected chi connectivity index (χ0v) is 18.6. The van der Waals surface area contributed by atoms with Gasteiger partial charge in [0.2, 0.25) is 0 Å². The van der Waals surface area contributed by atoms with Crippen LogP contribution in [0.2, 0.25) is 0 Å². The largest absolute Gasteiger partial charge is 0.497 e. The van der Waals surface area contributed by atoms with Gasteiger partial charge in [0.15, 0.2) is 5.96 Å². The Morgan fingerprint density at radius 2 is 1.85 bits per heavy atom. The predicted molar refractivity (Wildman–Crippen MR) is 122 cm³/mol. The molecule has 2 heterocycles. The topological polar surface area (TPSA) is 75.9 Å². The SMILES string of the molecule is COc1cc(OC)c2cc(CCCN=C(N)N3CCCCCC3)[nH]c2c1.I. The number of halogens is 1. The van der Waals surface area contributed by atoms with Crippen molar-refractivity contribution in [1.29, 1.82) is 0 Å². The molecule has 0 amide bonds. The number of benzene rings is 1. The quantitative estimate of drug-likeness (QED) is 0.281. The Hall–Kier alpha value is -1.64. The summed E-state index contributed by atoms with van der Waals surface area (Å²) < 4.78 is 10.8. The third kappa shape index (κ3) is 5.67. The number of hydrogen-bond donors (Lipinski definition) is 2. The molecule has 0 unspecified atom stereocenters. The van der Waals surface area contributed by atoms with Gasteiger partial charge in [-0.25, -0.2) is 0 Å². The first kappa shape index (κ1) is 21.7. The molecule has 3 rings (SSSR count). The summed E-state index contributed by atoms with van der Waals surface area (Å²) in [6.45, 7) is 2.83. The number of aromatic amines is 1. The smallest absolute Gasteiger partial charge is 0.191 e. The number of aromatic nitrogens is 1. The van der Waals surface area contributed by atoms with Crippen molar-refractivity contribution in [3.05, 3.63) is 23.9 Å². The lowest BCUT2D eigenvalue weighted by Gasteiger charge is -2.21. The average molecular weight is 486 g/mol. The van der Waals surface area contributed by atoms with E-state index in [1.54, 1.807) is 14.2 Å². The number of nitrogens with one attached hydrogen (secondary N) is 1. The number of nitrogens with two attached hydrogens (primary N) is 1. The summed E-state index contributed by atoms with van der Waals surface area (Å²) in [5.74, 6) is 2.32. The van der Waals surface area contributed by atoms with Gasteiger partial charge in [0.1, 0.15) is 11.5 Å². The standard InChI is InChI=1S/C20H30N4O2.HI/c1-25-16-13-18-17(19(14-16)26-2)12-15(23-18)8-7-9-22-20(21)24-10-5-3-4-6-11-24;/h12-14,23H,3-11H2,1-2H3,(H2,21,22);1H. The molecule has 1 aliphatic heterocycles. The van der Waals surface area contributed by atoms with E-state index in [1.165, 1.54) is 31.4 Å². The molecule has 1 fully saturated rings. The maximum Gasteiger partial charge on any atom is 0.191 e. The van der Waals surface area contributed by atoms with Crippen LogP contribution in [0, 0.1) is 0 Å². The molecule has 3 N–H and O–H groups in total. The molecular formula is C20H31IN4O2. The minimum atomic E-state index is 0. The first-order valence-corrected chi connectivity index (χ1v) is 9.49. The van der Waals surface area contributed by atoms with Crippen molar-refractivity contribution in [2.45, 2.75) is 38.5 Å². The first-order chi connectivity index (χ1) is 12.7. The summed E-state index contributed by atoms with van der Waals surface area (Å²) in [5.41, 5.74) is 8.37. The number of fused-ring (bicyclic) bond motifs is 1. The van der Waals surface area contributed by atoms with Crippen molar-refractivity contribution in [1.82, 2.24) is 9.88 Å². The monoisotopic (exact) mass is 486 g/mol. The fourth-order valence-electron chi connectivity index (χ4n) is 3.52. The highest BCUT2D eigenvalue weighted by molar-refractivity contribution is 14.0. The molecule has 150 valence electrons. The Labute approximate surface area is 178 Å². The van der Waals surface area contributed by atoms with Crippen LogP contribution in [0.3, 0.4) is 0 Å². The van der Waals surface area contributed by atoms with Gasteiger partial charge in [-0.15, -0.1) is 24.0 Å². The van der Waals surface area contributed by atoms with E-state index >= 15 is 0 Å². The van der Waals surface area contributed by atoms with Crippen molar-refractivity contribution < 1.29 is 9.47 Å². The third-order valence-electron chi connectivity index (χ3n) is 4.99. The Balaban J connectivity index is 0.00000261. The molecule has 0 saturated carbocycles. The summed E-state index contributed by atoms with van der Waals surface area (Å²) in [6.07, 6.45) is 6.93. The molecular weight excluding hydrogens is 455 g/mol. The molecule has 0 bridgehead atoms. The number of rotatable bonds is 6. The second-order valence-corrected chi connectivity index (χ2v) is 6.83. The number of nitrogens with zero attached hydrogens (tertiary/aromatic N) is 2. The lowest BCUT2D eigenvalue weighted by molar-refractivity contribution is 0.398. The Bertz CT molecular complexity index is 752. The van der Waals surface area contributed by atoms with E-state index in [0.29, 0.717) is 5.96 Å². The van der Waals surface area contributed by atoms with Gasteiger partial charge >= 0.3 is 0 Å². The fraction of sp³-hybridized carbons (Fsp3) is 0.550. The van der Waals surface area contributed by atoms with Gasteiger partial charge in [0.25, 0.3) is 0 Å². The van der Waals surface area contributed by atoms with Crippen LogP contribution < -0.4 is 15.2 Å². The van der Waals surface area contributed by atoms with Crippen LogP contribution in [0.1, 0.15) is 37.8 Å². The van der Waals surface area contributed by atoms with E-state index in [1.807, 2.05) is 12.1 Å². The molecule has 7 heteroatoms. The fourth-order valence-corrected chi connectivity index (χ4v) is 3.52. The lowest BCUT2D eigenvalue weighted by Crippen LogP contribution is -2.38. The van der Waals surface area contributed by atoms with Crippen LogP contribution >= 0.6 is 24.0 Å². The number of likely N-dealkylation sites (tertiary alicyclic amines) is 1. The molecule has 1 saturated heterocycles. The molecule has 1 aromatic carbocycles. The number of hydrogen-bond acceptors (Lipinski definition) is 3. The molecule has 1 aliphatic rings. The highest BCUT2D eigenvalue weighted by atomic mass is 127. The molecule has 2 aromatic rings. The van der Waals surface area contributed by atoms with Crippen LogP contribution in [-0.2, 0) is 6.42 Å². The normalized spacial score (nSPS) is 15.3. The van der Waals surface area contributed by atoms with E-state index < -0.39 is 0 Å². The maximum atomic E-state index is 6.17. The number of aryl methyl sites for hydroxylation is 1. The van der Waals surface area contributed by atoms with Gasteiger partial charge in [0, 0.05) is 42.8 Å². The Morgan fingerprint density at radius 1 is 1.11 bits per heavy atom. The zero-order valence-electron chi connectivity index (χ0n) is 16.3. The minimum Gasteiger partial charge on any atom is -0.497 e. The van der Waals surface area contributed by atoms with Crippen molar-refractivity contribution >= 4 is 40.8 Å². The maximum absolute atomic E-state index is 6.17. The molecule has 6 nitrogen and oxygen atoms in total. The lowest BCUT2D eigenvalue weighted by atomic mass is 10.2. The zero-order chi connectivity index (χ0) is 18.4. The number of aliphatic imine (C=N–C) groups is 1. The first-order valence-electron chi connectivity index (χ1n) is 9.49. The Kier molecular flexibility index (Phi) is 8.53. The predicted octanol–water partition coefficient (Wildman–Crippen LogP) is 3.93. The molecule has 0 radical (unpaired) electrons. The number of methoxy groups -OCH3 is 2. The van der Waals surface area contributed by atoms with E-state index in [2.05, 4.69) is 20.9 Å². The van der Waals surface area contributed by atoms with E-state index in [9.17, 15) is 0 Å². The summed E-state index contributed by atoms with van der Waals surface area (Å²) in [7, 11) is 3.35. The molecule has 0 atom stereocenters. The number of guanidine groups is 1. The van der Waals surface area contributed by atoms with Crippen LogP contribution in [0.4, 0.5) is 0 Å².